The average molecular weight is 1020 g/mol. The lowest BCUT2D eigenvalue weighted by Crippen LogP contribution is -2.61. The van der Waals surface area contributed by atoms with Gasteiger partial charge in [-0.15, -0.1) is 0 Å². The molecule has 2 aliphatic rings. The Hall–Kier alpha value is -2.83. The molecule has 7 N–H and O–H groups in total. The second-order valence-electron chi connectivity index (χ2n) is 19.0. The van der Waals surface area contributed by atoms with E-state index in [2.05, 4.69) is 98.9 Å². The molecule has 2 fully saturated rings. The van der Waals surface area contributed by atoms with Crippen molar-refractivity contribution in [3.63, 3.8) is 0 Å². The van der Waals surface area contributed by atoms with Crippen LogP contribution in [0.2, 0.25) is 0 Å². The Bertz CT molecular complexity index is 1510. The SMILES string of the molecule is CC/C=C\C/C=C\C/C=C\C/C=C\C/C=C\CCCCCCCC(=O)OC(COCCCCCCCC/C=C\C/C=C\CCCCCC)COC1OC(COC2OC(CO)C(O)C(O)C2O)C(O)C(O)C1O. The third-order valence-electron chi connectivity index (χ3n) is 12.6. The van der Waals surface area contributed by atoms with E-state index in [0.29, 0.717) is 13.0 Å². The highest BCUT2D eigenvalue weighted by molar-refractivity contribution is 5.69. The van der Waals surface area contributed by atoms with E-state index in [1.165, 1.54) is 44.9 Å². The van der Waals surface area contributed by atoms with E-state index in [1.54, 1.807) is 0 Å². The summed E-state index contributed by atoms with van der Waals surface area (Å²) in [6.45, 7) is 3.49. The first-order valence-electron chi connectivity index (χ1n) is 27.7. The minimum Gasteiger partial charge on any atom is -0.457 e. The second-order valence-corrected chi connectivity index (χ2v) is 19.0. The van der Waals surface area contributed by atoms with Crippen LogP contribution < -0.4 is 0 Å². The molecule has 2 rings (SSSR count). The van der Waals surface area contributed by atoms with Gasteiger partial charge in [-0.05, 0) is 89.9 Å². The summed E-state index contributed by atoms with van der Waals surface area (Å²) in [4.78, 5) is 13.1. The first-order chi connectivity index (χ1) is 35.1. The van der Waals surface area contributed by atoms with Gasteiger partial charge in [0.2, 0.25) is 0 Å². The molecule has 0 saturated carbocycles. The van der Waals surface area contributed by atoms with E-state index >= 15 is 0 Å². The molecule has 2 aliphatic heterocycles. The predicted molar refractivity (Wildman–Crippen MR) is 284 cm³/mol. The van der Waals surface area contributed by atoms with Gasteiger partial charge in [0.05, 0.1) is 26.4 Å². The van der Waals surface area contributed by atoms with Crippen molar-refractivity contribution in [2.75, 3.05) is 33.0 Å². The second kappa shape index (κ2) is 44.5. The van der Waals surface area contributed by atoms with E-state index in [1.807, 2.05) is 0 Å². The van der Waals surface area contributed by atoms with Crippen LogP contribution in [0.15, 0.2) is 85.1 Å². The third-order valence-corrected chi connectivity index (χ3v) is 12.6. The number of ether oxygens (including phenoxy) is 6. The summed E-state index contributed by atoms with van der Waals surface area (Å²) in [6, 6.07) is 0. The quantitative estimate of drug-likeness (QED) is 0.0172. The minimum atomic E-state index is -1.72. The summed E-state index contributed by atoms with van der Waals surface area (Å²) in [6.07, 6.45) is 40.6. The molecule has 0 spiro atoms. The van der Waals surface area contributed by atoms with Crippen LogP contribution in [-0.4, -0.2) is 142 Å². The zero-order valence-electron chi connectivity index (χ0n) is 44.1. The molecule has 0 aromatic carbocycles. The van der Waals surface area contributed by atoms with Gasteiger partial charge in [0.15, 0.2) is 12.6 Å². The highest BCUT2D eigenvalue weighted by atomic mass is 16.7. The fourth-order valence-corrected chi connectivity index (χ4v) is 8.16. The van der Waals surface area contributed by atoms with E-state index in [0.717, 1.165) is 103 Å². The molecule has 0 bridgehead atoms. The molecule has 11 unspecified atom stereocenters. The van der Waals surface area contributed by atoms with Gasteiger partial charge in [0, 0.05) is 13.0 Å². The Balaban J connectivity index is 1.76. The highest BCUT2D eigenvalue weighted by Gasteiger charge is 2.47. The van der Waals surface area contributed by atoms with Crippen molar-refractivity contribution in [2.24, 2.45) is 0 Å². The molecule has 14 nitrogen and oxygen atoms in total. The number of carbonyl (C=O) groups excluding carboxylic acids is 1. The number of aliphatic hydroxyl groups is 7. The summed E-state index contributed by atoms with van der Waals surface area (Å²) in [5.74, 6) is -0.401. The number of carbonyl (C=O) groups is 1. The Kier molecular flexibility index (Phi) is 40.3. The van der Waals surface area contributed by atoms with E-state index in [9.17, 15) is 40.5 Å². The Morgan fingerprint density at radius 1 is 0.472 bits per heavy atom. The van der Waals surface area contributed by atoms with Crippen molar-refractivity contribution in [3.05, 3.63) is 85.1 Å². The molecule has 11 atom stereocenters. The third kappa shape index (κ3) is 31.1. The topological polar surface area (TPSA) is 214 Å². The van der Waals surface area contributed by atoms with Gasteiger partial charge >= 0.3 is 5.97 Å². The number of hydrogen-bond donors (Lipinski definition) is 7. The zero-order chi connectivity index (χ0) is 52.3. The maximum atomic E-state index is 13.1. The van der Waals surface area contributed by atoms with Crippen LogP contribution in [0.3, 0.4) is 0 Å². The zero-order valence-corrected chi connectivity index (χ0v) is 44.1. The largest absolute Gasteiger partial charge is 0.457 e. The van der Waals surface area contributed by atoms with Gasteiger partial charge in [0.25, 0.3) is 0 Å². The van der Waals surface area contributed by atoms with Crippen molar-refractivity contribution in [1.29, 1.82) is 0 Å². The molecule has 0 aliphatic carbocycles. The molecule has 72 heavy (non-hydrogen) atoms. The van der Waals surface area contributed by atoms with Crippen molar-refractivity contribution in [1.82, 2.24) is 0 Å². The fraction of sp³-hybridized carbons (Fsp3) is 0.741. The van der Waals surface area contributed by atoms with Crippen molar-refractivity contribution < 1.29 is 69.0 Å². The fourth-order valence-electron chi connectivity index (χ4n) is 8.16. The minimum absolute atomic E-state index is 0.0412. The average Bonchev–Trinajstić information content (AvgIpc) is 3.38. The molecule has 2 saturated heterocycles. The first kappa shape index (κ1) is 65.3. The standard InChI is InChI=1S/C58H98O14/c1-3-5-7-9-11-13-15-17-19-21-22-23-24-25-27-29-31-33-35-37-39-41-50(60)70-47(44-67-42-40-38-36-34-32-30-28-26-20-18-16-14-12-10-8-6-4-2)45-68-57-56(66)54(64)52(62)49(72-57)46-69-58-55(65)53(63)51(61)48(43-59)71-58/h5,7,11,13-14,16-17,19-20,22-23,25-27,47-49,51-59,61-66H,3-4,6,8-10,12,15,18,21,24,28-46H2,1-2H3/b7-5-,13-11-,16-14-,19-17-,23-22-,26-20-,27-25-. The molecule has 0 amide bonds. The smallest absolute Gasteiger partial charge is 0.306 e. The number of aliphatic hydroxyl groups excluding tert-OH is 7. The van der Waals surface area contributed by atoms with Crippen LogP contribution in [0, 0.1) is 0 Å². The summed E-state index contributed by atoms with van der Waals surface area (Å²) in [7, 11) is 0. The first-order valence-corrected chi connectivity index (χ1v) is 27.7. The number of unbranched alkanes of at least 4 members (excludes halogenated alkanes) is 15. The normalized spacial score (nSPS) is 25.8. The van der Waals surface area contributed by atoms with Crippen LogP contribution >= 0.6 is 0 Å². The van der Waals surface area contributed by atoms with Gasteiger partial charge < -0.3 is 64.2 Å². The van der Waals surface area contributed by atoms with E-state index in [-0.39, 0.29) is 19.6 Å². The van der Waals surface area contributed by atoms with Crippen LogP contribution in [0.4, 0.5) is 0 Å². The number of allylic oxidation sites excluding steroid dienone is 14. The summed E-state index contributed by atoms with van der Waals surface area (Å²) in [5, 5.41) is 72.3. The summed E-state index contributed by atoms with van der Waals surface area (Å²) >= 11 is 0. The number of esters is 1. The lowest BCUT2D eigenvalue weighted by atomic mass is 9.98. The molecule has 414 valence electrons. The lowest BCUT2D eigenvalue weighted by molar-refractivity contribution is -0.332. The highest BCUT2D eigenvalue weighted by Crippen LogP contribution is 2.26. The van der Waals surface area contributed by atoms with Crippen molar-refractivity contribution >= 4 is 5.97 Å². The van der Waals surface area contributed by atoms with E-state index in [4.69, 9.17) is 28.4 Å². The van der Waals surface area contributed by atoms with Crippen molar-refractivity contribution in [3.8, 4) is 0 Å². The van der Waals surface area contributed by atoms with Gasteiger partial charge in [-0.25, -0.2) is 0 Å². The van der Waals surface area contributed by atoms with Crippen LogP contribution in [-0.2, 0) is 33.2 Å². The molecule has 0 radical (unpaired) electrons. The van der Waals surface area contributed by atoms with Crippen molar-refractivity contribution in [2.45, 2.75) is 242 Å². The Labute approximate surface area is 433 Å². The predicted octanol–water partition coefficient (Wildman–Crippen LogP) is 9.24. The van der Waals surface area contributed by atoms with E-state index < -0.39 is 86.7 Å². The molecular formula is C58H98O14. The van der Waals surface area contributed by atoms with Crippen LogP contribution in [0.1, 0.15) is 174 Å². The molecular weight excluding hydrogens is 921 g/mol. The molecule has 0 aromatic rings. The Morgan fingerprint density at radius 3 is 1.42 bits per heavy atom. The summed E-state index contributed by atoms with van der Waals surface area (Å²) in [5.41, 5.74) is 0. The summed E-state index contributed by atoms with van der Waals surface area (Å²) < 4.78 is 34.3. The maximum absolute atomic E-state index is 13.1. The Morgan fingerprint density at radius 2 is 0.903 bits per heavy atom. The van der Waals surface area contributed by atoms with Gasteiger partial charge in [-0.1, -0.05) is 163 Å². The number of hydrogen-bond acceptors (Lipinski definition) is 14. The van der Waals surface area contributed by atoms with Gasteiger partial charge in [-0.3, -0.25) is 4.79 Å². The maximum Gasteiger partial charge on any atom is 0.306 e. The lowest BCUT2D eigenvalue weighted by Gasteiger charge is -2.42. The van der Waals surface area contributed by atoms with Gasteiger partial charge in [-0.2, -0.15) is 0 Å². The van der Waals surface area contributed by atoms with Crippen LogP contribution in [0.5, 0.6) is 0 Å². The monoisotopic (exact) mass is 1020 g/mol. The van der Waals surface area contributed by atoms with Gasteiger partial charge in [0.1, 0.15) is 54.9 Å². The number of rotatable bonds is 43. The molecule has 0 aromatic heterocycles. The van der Waals surface area contributed by atoms with Crippen LogP contribution in [0.25, 0.3) is 0 Å². The molecule has 14 heteroatoms. The molecule has 2 heterocycles.